The number of aromatic carboxylic acids is 1. The Morgan fingerprint density at radius 1 is 1.17 bits per heavy atom. The number of amides is 2. The molecule has 1 saturated heterocycles. The number of anilines is 1. The molecule has 30 heavy (non-hydrogen) atoms. The van der Waals surface area contributed by atoms with E-state index in [1.54, 1.807) is 37.8 Å². The van der Waals surface area contributed by atoms with Gasteiger partial charge in [-0.3, -0.25) is 4.79 Å². The highest BCUT2D eigenvalue weighted by Crippen LogP contribution is 2.12. The molecule has 2 amide bonds. The molecule has 0 aromatic heterocycles. The normalized spacial score (nSPS) is 15.2. The van der Waals surface area contributed by atoms with Crippen LogP contribution in [-0.4, -0.2) is 72.5 Å². The van der Waals surface area contributed by atoms with E-state index in [0.29, 0.717) is 45.7 Å². The molecular weight excluding hydrogens is 390 g/mol. The monoisotopic (exact) mass is 421 g/mol. The molecule has 0 spiro atoms. The minimum absolute atomic E-state index is 0.0279. The highest BCUT2D eigenvalue weighted by Gasteiger charge is 2.22. The Labute approximate surface area is 176 Å². The second-order valence-electron chi connectivity index (χ2n) is 8.14. The van der Waals surface area contributed by atoms with E-state index in [-0.39, 0.29) is 17.5 Å². The van der Waals surface area contributed by atoms with Gasteiger partial charge in [0.2, 0.25) is 5.91 Å². The first-order chi connectivity index (χ1) is 14.1. The van der Waals surface area contributed by atoms with Crippen molar-refractivity contribution in [3.05, 3.63) is 29.8 Å². The number of hydrogen-bond acceptors (Lipinski definition) is 6. The van der Waals surface area contributed by atoms with Gasteiger partial charge >= 0.3 is 12.1 Å². The maximum absolute atomic E-state index is 12.4. The van der Waals surface area contributed by atoms with Crippen molar-refractivity contribution >= 4 is 23.7 Å². The van der Waals surface area contributed by atoms with Gasteiger partial charge in [0.25, 0.3) is 0 Å². The fraction of sp³-hybridized carbons (Fsp3) is 0.571. The third-order valence-electron chi connectivity index (χ3n) is 4.48. The average Bonchev–Trinajstić information content (AvgIpc) is 2.69. The molecule has 9 nitrogen and oxygen atoms in total. The highest BCUT2D eigenvalue weighted by atomic mass is 16.6. The van der Waals surface area contributed by atoms with Crippen LogP contribution in [0.25, 0.3) is 0 Å². The summed E-state index contributed by atoms with van der Waals surface area (Å²) in [5.74, 6) is -0.965. The van der Waals surface area contributed by atoms with Crippen LogP contribution in [-0.2, 0) is 14.3 Å². The molecule has 1 atom stereocenters. The molecule has 1 aromatic carbocycles. The molecule has 2 rings (SSSR count). The van der Waals surface area contributed by atoms with Crippen molar-refractivity contribution in [2.45, 2.75) is 45.3 Å². The number of ether oxygens (including phenoxy) is 2. The predicted octanol–water partition coefficient (Wildman–Crippen LogP) is 2.33. The Kier molecular flexibility index (Phi) is 8.46. The van der Waals surface area contributed by atoms with Gasteiger partial charge in [-0.1, -0.05) is 0 Å². The zero-order chi connectivity index (χ0) is 22.1. The van der Waals surface area contributed by atoms with E-state index < -0.39 is 17.7 Å². The number of nitrogens with one attached hydrogen (secondary N) is 2. The molecule has 1 aromatic rings. The second kappa shape index (κ2) is 10.8. The molecule has 1 aliphatic rings. The average molecular weight is 421 g/mol. The Morgan fingerprint density at radius 2 is 1.80 bits per heavy atom. The van der Waals surface area contributed by atoms with Crippen molar-refractivity contribution in [3.63, 3.8) is 0 Å². The molecular formula is C21H31N3O6. The van der Waals surface area contributed by atoms with Crippen LogP contribution < -0.4 is 10.6 Å². The fourth-order valence-electron chi connectivity index (χ4n) is 2.94. The first kappa shape index (κ1) is 23.5. The van der Waals surface area contributed by atoms with Gasteiger partial charge in [0.05, 0.1) is 18.8 Å². The lowest BCUT2D eigenvalue weighted by atomic mass is 10.1. The molecule has 1 aliphatic heterocycles. The number of morpholine rings is 1. The van der Waals surface area contributed by atoms with E-state index in [1.807, 2.05) is 0 Å². The van der Waals surface area contributed by atoms with Crippen molar-refractivity contribution in [2.75, 3.05) is 38.2 Å². The van der Waals surface area contributed by atoms with Crippen LogP contribution in [0.3, 0.4) is 0 Å². The quantitative estimate of drug-likeness (QED) is 0.590. The van der Waals surface area contributed by atoms with Crippen LogP contribution in [0.2, 0.25) is 0 Å². The van der Waals surface area contributed by atoms with Crippen LogP contribution >= 0.6 is 0 Å². The van der Waals surface area contributed by atoms with E-state index in [0.717, 1.165) is 5.69 Å². The molecule has 166 valence electrons. The fourth-order valence-corrected chi connectivity index (χ4v) is 2.94. The predicted molar refractivity (Wildman–Crippen MR) is 112 cm³/mol. The van der Waals surface area contributed by atoms with Gasteiger partial charge in [-0.2, -0.15) is 0 Å². The van der Waals surface area contributed by atoms with Crippen LogP contribution in [0, 0.1) is 0 Å². The van der Waals surface area contributed by atoms with E-state index in [9.17, 15) is 14.4 Å². The molecule has 1 fully saturated rings. The number of rotatable bonds is 8. The Balaban J connectivity index is 1.94. The van der Waals surface area contributed by atoms with Gasteiger partial charge in [-0.25, -0.2) is 9.59 Å². The SMILES string of the molecule is CC(C)(C)OC(=O)N[C@@H](CCC(=O)N1CCOCC1)CNc1ccc(C(=O)O)cc1. The second-order valence-corrected chi connectivity index (χ2v) is 8.14. The number of carboxylic acids is 1. The molecule has 1 heterocycles. The number of carbonyl (C=O) groups excluding carboxylic acids is 2. The smallest absolute Gasteiger partial charge is 0.407 e. The van der Waals surface area contributed by atoms with Crippen molar-refractivity contribution in [1.82, 2.24) is 10.2 Å². The number of nitrogens with zero attached hydrogens (tertiary/aromatic N) is 1. The standard InChI is InChI=1S/C21H31N3O6/c1-21(2,3)30-20(28)23-17(8-9-18(25)24-10-12-29-13-11-24)14-22-16-6-4-15(5-7-16)19(26)27/h4-7,17,22H,8-14H2,1-3H3,(H,23,28)(H,26,27)/t17-/m0/s1. The maximum atomic E-state index is 12.4. The Hall–Kier alpha value is -2.81. The van der Waals surface area contributed by atoms with Crippen LogP contribution in [0.1, 0.15) is 44.0 Å². The van der Waals surface area contributed by atoms with E-state index in [4.69, 9.17) is 14.6 Å². The topological polar surface area (TPSA) is 117 Å². The van der Waals surface area contributed by atoms with Crippen molar-refractivity contribution in [3.8, 4) is 0 Å². The lowest BCUT2D eigenvalue weighted by Gasteiger charge is -2.28. The summed E-state index contributed by atoms with van der Waals surface area (Å²) in [6, 6.07) is 5.98. The lowest BCUT2D eigenvalue weighted by Crippen LogP contribution is -2.44. The summed E-state index contributed by atoms with van der Waals surface area (Å²) in [4.78, 5) is 37.4. The minimum atomic E-state index is -0.993. The zero-order valence-electron chi connectivity index (χ0n) is 17.8. The van der Waals surface area contributed by atoms with Crippen molar-refractivity contribution in [2.24, 2.45) is 0 Å². The third-order valence-corrected chi connectivity index (χ3v) is 4.48. The molecule has 0 aliphatic carbocycles. The first-order valence-corrected chi connectivity index (χ1v) is 10.1. The van der Waals surface area contributed by atoms with E-state index in [2.05, 4.69) is 10.6 Å². The van der Waals surface area contributed by atoms with Crippen LogP contribution in [0.5, 0.6) is 0 Å². The largest absolute Gasteiger partial charge is 0.478 e. The molecule has 0 saturated carbocycles. The Morgan fingerprint density at radius 3 is 2.37 bits per heavy atom. The highest BCUT2D eigenvalue weighted by molar-refractivity contribution is 5.88. The Bertz CT molecular complexity index is 723. The van der Waals surface area contributed by atoms with Gasteiger partial charge in [0.1, 0.15) is 5.60 Å². The number of hydrogen-bond donors (Lipinski definition) is 3. The third kappa shape index (κ3) is 8.28. The number of carboxylic acid groups (broad SMARTS) is 1. The van der Waals surface area contributed by atoms with E-state index >= 15 is 0 Å². The number of alkyl carbamates (subject to hydrolysis) is 1. The van der Waals surface area contributed by atoms with Gasteiger partial charge < -0.3 is 30.1 Å². The summed E-state index contributed by atoms with van der Waals surface area (Å²) in [6.45, 7) is 7.96. The molecule has 0 radical (unpaired) electrons. The molecule has 0 bridgehead atoms. The summed E-state index contributed by atoms with van der Waals surface area (Å²) in [5.41, 5.74) is 0.286. The number of carbonyl (C=O) groups is 3. The van der Waals surface area contributed by atoms with Gasteiger partial charge in [-0.15, -0.1) is 0 Å². The summed E-state index contributed by atoms with van der Waals surface area (Å²) in [5, 5.41) is 15.0. The first-order valence-electron chi connectivity index (χ1n) is 10.1. The van der Waals surface area contributed by atoms with E-state index in [1.165, 1.54) is 12.1 Å². The minimum Gasteiger partial charge on any atom is -0.478 e. The molecule has 9 heteroatoms. The number of benzene rings is 1. The molecule has 3 N–H and O–H groups in total. The van der Waals surface area contributed by atoms with Gasteiger partial charge in [0, 0.05) is 37.8 Å². The summed E-state index contributed by atoms with van der Waals surface area (Å²) < 4.78 is 10.6. The summed E-state index contributed by atoms with van der Waals surface area (Å²) in [6.07, 6.45) is 0.185. The van der Waals surface area contributed by atoms with Gasteiger partial charge in [0.15, 0.2) is 0 Å². The van der Waals surface area contributed by atoms with Crippen molar-refractivity contribution in [1.29, 1.82) is 0 Å². The zero-order valence-corrected chi connectivity index (χ0v) is 17.8. The lowest BCUT2D eigenvalue weighted by molar-refractivity contribution is -0.135. The summed E-state index contributed by atoms with van der Waals surface area (Å²) >= 11 is 0. The van der Waals surface area contributed by atoms with Crippen LogP contribution in [0.15, 0.2) is 24.3 Å². The molecule has 0 unspecified atom stereocenters. The van der Waals surface area contributed by atoms with Crippen LogP contribution in [0.4, 0.5) is 10.5 Å². The summed E-state index contributed by atoms with van der Waals surface area (Å²) in [7, 11) is 0. The maximum Gasteiger partial charge on any atom is 0.407 e. The van der Waals surface area contributed by atoms with Crippen molar-refractivity contribution < 1.29 is 29.0 Å². The van der Waals surface area contributed by atoms with Gasteiger partial charge in [-0.05, 0) is 51.5 Å².